The van der Waals surface area contributed by atoms with Gasteiger partial charge in [0.25, 0.3) is 0 Å². The Morgan fingerprint density at radius 3 is 2.84 bits per heavy atom. The van der Waals surface area contributed by atoms with E-state index in [1.54, 1.807) is 0 Å². The van der Waals surface area contributed by atoms with Crippen LogP contribution in [-0.2, 0) is 13.5 Å². The topological polar surface area (TPSA) is 43.8 Å². The highest BCUT2D eigenvalue weighted by atomic mass is 15.1. The van der Waals surface area contributed by atoms with E-state index in [4.69, 9.17) is 10.7 Å². The van der Waals surface area contributed by atoms with E-state index in [1.165, 1.54) is 48.1 Å². The lowest BCUT2D eigenvalue weighted by Crippen LogP contribution is -1.98. The highest BCUT2D eigenvalue weighted by Gasteiger charge is 2.28. The number of rotatable bonds is 6. The zero-order chi connectivity index (χ0) is 13.2. The van der Waals surface area contributed by atoms with E-state index < -0.39 is 0 Å². The van der Waals surface area contributed by atoms with Gasteiger partial charge < -0.3 is 10.3 Å². The van der Waals surface area contributed by atoms with Crippen molar-refractivity contribution in [3.05, 3.63) is 29.6 Å². The fourth-order valence-electron chi connectivity index (χ4n) is 2.78. The van der Waals surface area contributed by atoms with Gasteiger partial charge in [-0.2, -0.15) is 0 Å². The van der Waals surface area contributed by atoms with Gasteiger partial charge in [-0.25, -0.2) is 4.98 Å². The summed E-state index contributed by atoms with van der Waals surface area (Å²) in [6.45, 7) is 0.810. The molecule has 2 N–H and O–H groups in total. The van der Waals surface area contributed by atoms with Gasteiger partial charge in [-0.15, -0.1) is 0 Å². The average Bonchev–Trinajstić information content (AvgIpc) is 3.21. The number of aryl methyl sites for hydroxylation is 2. The Labute approximate surface area is 114 Å². The average molecular weight is 257 g/mol. The van der Waals surface area contributed by atoms with Crippen molar-refractivity contribution in [2.45, 2.75) is 44.4 Å². The van der Waals surface area contributed by atoms with Crippen LogP contribution in [0.3, 0.4) is 0 Å². The standard InChI is InChI=1S/C16H23N3/c1-19-15-9-6-12(5-3-2-4-10-17)11-14(15)18-16(19)13-7-8-13/h6,9,11,13H,2-5,7-8,10,17H2,1H3. The Morgan fingerprint density at radius 2 is 2.11 bits per heavy atom. The second-order valence-electron chi connectivity index (χ2n) is 5.73. The third-order valence-corrected chi connectivity index (χ3v) is 4.09. The monoisotopic (exact) mass is 257 g/mol. The van der Waals surface area contributed by atoms with Gasteiger partial charge in [0, 0.05) is 13.0 Å². The molecule has 0 aliphatic heterocycles. The molecule has 0 atom stereocenters. The molecule has 1 aliphatic carbocycles. The zero-order valence-electron chi connectivity index (χ0n) is 11.7. The van der Waals surface area contributed by atoms with Crippen LogP contribution in [0.1, 0.15) is 49.4 Å². The Hall–Kier alpha value is -1.35. The maximum absolute atomic E-state index is 5.52. The summed E-state index contributed by atoms with van der Waals surface area (Å²) >= 11 is 0. The van der Waals surface area contributed by atoms with Gasteiger partial charge in [-0.1, -0.05) is 12.5 Å². The molecular weight excluding hydrogens is 234 g/mol. The highest BCUT2D eigenvalue weighted by molar-refractivity contribution is 5.77. The van der Waals surface area contributed by atoms with Gasteiger partial charge in [0.1, 0.15) is 5.82 Å². The molecule has 1 aromatic carbocycles. The fraction of sp³-hybridized carbons (Fsp3) is 0.562. The summed E-state index contributed by atoms with van der Waals surface area (Å²) in [7, 11) is 2.14. The number of aromatic nitrogens is 2. The van der Waals surface area contributed by atoms with Gasteiger partial charge in [-0.3, -0.25) is 0 Å². The summed E-state index contributed by atoms with van der Waals surface area (Å²) in [5, 5.41) is 0. The van der Waals surface area contributed by atoms with E-state index in [1.807, 2.05) is 0 Å². The number of imidazole rings is 1. The van der Waals surface area contributed by atoms with Crippen LogP contribution in [0.25, 0.3) is 11.0 Å². The van der Waals surface area contributed by atoms with Crippen LogP contribution in [0.5, 0.6) is 0 Å². The molecule has 0 bridgehead atoms. The van der Waals surface area contributed by atoms with Gasteiger partial charge in [-0.05, 0) is 56.3 Å². The summed E-state index contributed by atoms with van der Waals surface area (Å²) < 4.78 is 2.27. The van der Waals surface area contributed by atoms with E-state index in [2.05, 4.69) is 29.8 Å². The molecule has 3 heteroatoms. The molecule has 0 saturated heterocycles. The Kier molecular flexibility index (Phi) is 3.56. The van der Waals surface area contributed by atoms with Crippen molar-refractivity contribution in [2.75, 3.05) is 6.54 Å². The second-order valence-corrected chi connectivity index (χ2v) is 5.73. The molecule has 1 fully saturated rings. The van der Waals surface area contributed by atoms with E-state index in [0.29, 0.717) is 5.92 Å². The van der Waals surface area contributed by atoms with Gasteiger partial charge >= 0.3 is 0 Å². The van der Waals surface area contributed by atoms with Crippen LogP contribution in [0.15, 0.2) is 18.2 Å². The maximum atomic E-state index is 5.52. The fourth-order valence-corrected chi connectivity index (χ4v) is 2.78. The van der Waals surface area contributed by atoms with Crippen molar-refractivity contribution in [1.82, 2.24) is 9.55 Å². The van der Waals surface area contributed by atoms with Crippen LogP contribution in [0.4, 0.5) is 0 Å². The number of nitrogens with zero attached hydrogens (tertiary/aromatic N) is 2. The van der Waals surface area contributed by atoms with Crippen molar-refractivity contribution in [1.29, 1.82) is 0 Å². The minimum Gasteiger partial charge on any atom is -0.331 e. The number of benzene rings is 1. The number of hydrogen-bond donors (Lipinski definition) is 1. The first-order valence-corrected chi connectivity index (χ1v) is 7.45. The van der Waals surface area contributed by atoms with E-state index in [-0.39, 0.29) is 0 Å². The Bertz CT molecular complexity index is 567. The van der Waals surface area contributed by atoms with Crippen LogP contribution in [0.2, 0.25) is 0 Å². The largest absolute Gasteiger partial charge is 0.331 e. The molecule has 1 aromatic heterocycles. The first-order chi connectivity index (χ1) is 9.29. The quantitative estimate of drug-likeness (QED) is 0.808. The first-order valence-electron chi connectivity index (χ1n) is 7.45. The molecule has 3 rings (SSSR count). The molecule has 0 radical (unpaired) electrons. The third kappa shape index (κ3) is 2.66. The molecule has 0 unspecified atom stereocenters. The number of fused-ring (bicyclic) bond motifs is 1. The zero-order valence-corrected chi connectivity index (χ0v) is 11.7. The predicted octanol–water partition coefficient (Wildman–Crippen LogP) is 3.12. The molecule has 3 nitrogen and oxygen atoms in total. The smallest absolute Gasteiger partial charge is 0.112 e. The first kappa shape index (κ1) is 12.7. The third-order valence-electron chi connectivity index (χ3n) is 4.09. The van der Waals surface area contributed by atoms with Crippen LogP contribution < -0.4 is 5.73 Å². The van der Waals surface area contributed by atoms with Gasteiger partial charge in [0.15, 0.2) is 0 Å². The van der Waals surface area contributed by atoms with Crippen molar-refractivity contribution in [3.8, 4) is 0 Å². The molecule has 1 saturated carbocycles. The Balaban J connectivity index is 1.76. The predicted molar refractivity (Wildman–Crippen MR) is 79.3 cm³/mol. The van der Waals surface area contributed by atoms with E-state index >= 15 is 0 Å². The molecule has 1 aliphatic rings. The molecule has 1 heterocycles. The van der Waals surface area contributed by atoms with Crippen molar-refractivity contribution in [2.24, 2.45) is 12.8 Å². The summed E-state index contributed by atoms with van der Waals surface area (Å²) in [6.07, 6.45) is 7.35. The van der Waals surface area contributed by atoms with Crippen LogP contribution >= 0.6 is 0 Å². The molecule has 102 valence electrons. The summed E-state index contributed by atoms with van der Waals surface area (Å²) in [5.74, 6) is 1.99. The maximum Gasteiger partial charge on any atom is 0.112 e. The molecule has 2 aromatic rings. The minimum atomic E-state index is 0.713. The van der Waals surface area contributed by atoms with Crippen molar-refractivity contribution >= 4 is 11.0 Å². The lowest BCUT2D eigenvalue weighted by molar-refractivity contribution is 0.687. The summed E-state index contributed by atoms with van der Waals surface area (Å²) in [5.41, 5.74) is 9.37. The van der Waals surface area contributed by atoms with Crippen LogP contribution in [-0.4, -0.2) is 16.1 Å². The van der Waals surface area contributed by atoms with Crippen LogP contribution in [0, 0.1) is 0 Å². The number of unbranched alkanes of at least 4 members (excludes halogenated alkanes) is 2. The number of nitrogens with two attached hydrogens (primary N) is 1. The number of hydrogen-bond acceptors (Lipinski definition) is 2. The van der Waals surface area contributed by atoms with Gasteiger partial charge in [0.2, 0.25) is 0 Å². The molecule has 0 spiro atoms. The molecule has 0 amide bonds. The lowest BCUT2D eigenvalue weighted by Gasteiger charge is -2.02. The molecular formula is C16H23N3. The van der Waals surface area contributed by atoms with Crippen molar-refractivity contribution < 1.29 is 0 Å². The normalized spacial score (nSPS) is 15.3. The second kappa shape index (κ2) is 5.33. The van der Waals surface area contributed by atoms with E-state index in [0.717, 1.165) is 19.4 Å². The van der Waals surface area contributed by atoms with E-state index in [9.17, 15) is 0 Å². The summed E-state index contributed by atoms with van der Waals surface area (Å²) in [6, 6.07) is 6.75. The highest BCUT2D eigenvalue weighted by Crippen LogP contribution is 2.40. The molecule has 19 heavy (non-hydrogen) atoms. The lowest BCUT2D eigenvalue weighted by atomic mass is 10.1. The Morgan fingerprint density at radius 1 is 1.26 bits per heavy atom. The SMILES string of the molecule is Cn1c(C2CC2)nc2cc(CCCCCN)ccc21. The summed E-state index contributed by atoms with van der Waals surface area (Å²) in [4.78, 5) is 4.82. The van der Waals surface area contributed by atoms with Gasteiger partial charge in [0.05, 0.1) is 11.0 Å². The van der Waals surface area contributed by atoms with Crippen molar-refractivity contribution in [3.63, 3.8) is 0 Å². The minimum absolute atomic E-state index is 0.713.